The minimum absolute atomic E-state index is 0.0500. The Hall–Kier alpha value is -1.55. The summed E-state index contributed by atoms with van der Waals surface area (Å²) < 4.78 is 5.31. The number of hydrogen-bond donors (Lipinski definition) is 2. The first-order valence-electron chi connectivity index (χ1n) is 5.99. The van der Waals surface area contributed by atoms with Crippen LogP contribution in [-0.4, -0.2) is 32.1 Å². The molecule has 0 atom stereocenters. The molecule has 17 heavy (non-hydrogen) atoms. The van der Waals surface area contributed by atoms with Crippen molar-refractivity contribution >= 4 is 5.91 Å². The molecule has 0 aliphatic heterocycles. The predicted molar refractivity (Wildman–Crippen MR) is 68.5 cm³/mol. The number of carbonyl (C=O) groups excluding carboxylic acids is 1. The van der Waals surface area contributed by atoms with E-state index in [4.69, 9.17) is 4.74 Å². The number of ether oxygens (including phenoxy) is 1. The first kappa shape index (κ1) is 13.5. The molecule has 1 aromatic carbocycles. The second kappa shape index (κ2) is 7.68. The van der Waals surface area contributed by atoms with E-state index in [0.29, 0.717) is 18.7 Å². The van der Waals surface area contributed by atoms with Crippen LogP contribution in [0.25, 0.3) is 0 Å². The lowest BCUT2D eigenvalue weighted by Gasteiger charge is -2.07. The Bertz CT molecular complexity index is 336. The van der Waals surface area contributed by atoms with E-state index < -0.39 is 0 Å². The second-order valence-electron chi connectivity index (χ2n) is 3.57. The van der Waals surface area contributed by atoms with Crippen LogP contribution in [0.5, 0.6) is 5.75 Å². The van der Waals surface area contributed by atoms with Crippen molar-refractivity contribution in [2.75, 3.05) is 26.2 Å². The summed E-state index contributed by atoms with van der Waals surface area (Å²) in [5, 5.41) is 5.99. The van der Waals surface area contributed by atoms with Crippen molar-refractivity contribution in [1.29, 1.82) is 0 Å². The molecule has 0 radical (unpaired) electrons. The molecule has 0 spiro atoms. The molecule has 2 N–H and O–H groups in total. The molecule has 0 fully saturated rings. The topological polar surface area (TPSA) is 50.4 Å². The van der Waals surface area contributed by atoms with Crippen molar-refractivity contribution in [3.8, 4) is 5.75 Å². The quantitative estimate of drug-likeness (QED) is 0.704. The number of rotatable bonds is 7. The maximum absolute atomic E-state index is 11.7. The normalized spacial score (nSPS) is 10.0. The average Bonchev–Trinajstić information content (AvgIpc) is 2.36. The number of benzene rings is 1. The summed E-state index contributed by atoms with van der Waals surface area (Å²) in [7, 11) is 0. The highest BCUT2D eigenvalue weighted by Crippen LogP contribution is 2.11. The van der Waals surface area contributed by atoms with Gasteiger partial charge in [-0.3, -0.25) is 4.79 Å². The van der Waals surface area contributed by atoms with Gasteiger partial charge < -0.3 is 15.4 Å². The van der Waals surface area contributed by atoms with Crippen LogP contribution in [-0.2, 0) is 0 Å². The summed E-state index contributed by atoms with van der Waals surface area (Å²) in [5.74, 6) is 0.739. The van der Waals surface area contributed by atoms with Crippen molar-refractivity contribution in [2.24, 2.45) is 0 Å². The molecule has 0 unspecified atom stereocenters. The number of hydrogen-bond acceptors (Lipinski definition) is 3. The summed E-state index contributed by atoms with van der Waals surface area (Å²) in [4.78, 5) is 11.7. The Morgan fingerprint density at radius 1 is 1.18 bits per heavy atom. The Morgan fingerprint density at radius 2 is 1.88 bits per heavy atom. The highest BCUT2D eigenvalue weighted by molar-refractivity contribution is 5.94. The fourth-order valence-electron chi connectivity index (χ4n) is 1.41. The molecule has 0 bridgehead atoms. The molecule has 0 aromatic heterocycles. The van der Waals surface area contributed by atoms with Gasteiger partial charge in [0.05, 0.1) is 6.61 Å². The van der Waals surface area contributed by atoms with Crippen molar-refractivity contribution in [3.63, 3.8) is 0 Å². The Kier molecular flexibility index (Phi) is 6.10. The van der Waals surface area contributed by atoms with Gasteiger partial charge in [0.1, 0.15) is 5.75 Å². The van der Waals surface area contributed by atoms with Gasteiger partial charge in [-0.25, -0.2) is 0 Å². The lowest BCUT2D eigenvalue weighted by Crippen LogP contribution is -2.31. The molecule has 0 aliphatic carbocycles. The summed E-state index contributed by atoms with van der Waals surface area (Å²) in [6.07, 6.45) is 0. The molecule has 1 amide bonds. The number of likely N-dealkylation sites (N-methyl/N-ethyl adjacent to an activating group) is 1. The molecule has 94 valence electrons. The lowest BCUT2D eigenvalue weighted by atomic mass is 10.2. The van der Waals surface area contributed by atoms with Crippen LogP contribution >= 0.6 is 0 Å². The van der Waals surface area contributed by atoms with Crippen LogP contribution in [0.1, 0.15) is 24.2 Å². The highest BCUT2D eigenvalue weighted by Gasteiger charge is 2.04. The molecule has 4 heteroatoms. The third-order valence-corrected chi connectivity index (χ3v) is 2.26. The zero-order chi connectivity index (χ0) is 12.5. The number of amides is 1. The Balaban J connectivity index is 2.40. The standard InChI is InChI=1S/C13H20N2O2/c1-3-14-9-10-15-13(16)11-5-7-12(8-6-11)17-4-2/h5-8,14H,3-4,9-10H2,1-2H3,(H,15,16). The predicted octanol–water partition coefficient (Wildman–Crippen LogP) is 1.42. The third kappa shape index (κ3) is 4.87. The van der Waals surface area contributed by atoms with Gasteiger partial charge >= 0.3 is 0 Å². The van der Waals surface area contributed by atoms with Crippen molar-refractivity contribution in [3.05, 3.63) is 29.8 Å². The molecule has 0 saturated carbocycles. The van der Waals surface area contributed by atoms with E-state index in [1.807, 2.05) is 26.0 Å². The smallest absolute Gasteiger partial charge is 0.251 e. The van der Waals surface area contributed by atoms with Crippen LogP contribution in [0.4, 0.5) is 0 Å². The highest BCUT2D eigenvalue weighted by atomic mass is 16.5. The second-order valence-corrected chi connectivity index (χ2v) is 3.57. The van der Waals surface area contributed by atoms with E-state index in [1.165, 1.54) is 0 Å². The maximum Gasteiger partial charge on any atom is 0.251 e. The van der Waals surface area contributed by atoms with Gasteiger partial charge in [0.2, 0.25) is 0 Å². The SMILES string of the molecule is CCNCCNC(=O)c1ccc(OCC)cc1. The maximum atomic E-state index is 11.7. The van der Waals surface area contributed by atoms with Crippen molar-refractivity contribution < 1.29 is 9.53 Å². The Labute approximate surface area is 102 Å². The van der Waals surface area contributed by atoms with E-state index >= 15 is 0 Å². The number of nitrogens with one attached hydrogen (secondary N) is 2. The number of carbonyl (C=O) groups is 1. The fraction of sp³-hybridized carbons (Fsp3) is 0.462. The van der Waals surface area contributed by atoms with E-state index in [0.717, 1.165) is 18.8 Å². The van der Waals surface area contributed by atoms with Crippen LogP contribution in [0.2, 0.25) is 0 Å². The molecule has 0 aliphatic rings. The monoisotopic (exact) mass is 236 g/mol. The molecule has 0 saturated heterocycles. The zero-order valence-electron chi connectivity index (χ0n) is 10.5. The van der Waals surface area contributed by atoms with Gasteiger partial charge in [-0.15, -0.1) is 0 Å². The van der Waals surface area contributed by atoms with Gasteiger partial charge in [0, 0.05) is 18.7 Å². The minimum Gasteiger partial charge on any atom is -0.494 e. The molecule has 1 aromatic rings. The Morgan fingerprint density at radius 3 is 2.47 bits per heavy atom. The summed E-state index contributed by atoms with van der Waals surface area (Å²) in [6.45, 7) is 6.95. The van der Waals surface area contributed by atoms with E-state index in [-0.39, 0.29) is 5.91 Å². The fourth-order valence-corrected chi connectivity index (χ4v) is 1.41. The van der Waals surface area contributed by atoms with E-state index in [2.05, 4.69) is 10.6 Å². The van der Waals surface area contributed by atoms with Gasteiger partial charge in [-0.2, -0.15) is 0 Å². The first-order chi connectivity index (χ1) is 8.27. The molecule has 0 heterocycles. The molecule has 4 nitrogen and oxygen atoms in total. The van der Waals surface area contributed by atoms with Gasteiger partial charge in [0.15, 0.2) is 0 Å². The lowest BCUT2D eigenvalue weighted by molar-refractivity contribution is 0.0954. The minimum atomic E-state index is -0.0500. The molecular formula is C13H20N2O2. The van der Waals surface area contributed by atoms with Gasteiger partial charge in [-0.05, 0) is 37.7 Å². The zero-order valence-corrected chi connectivity index (χ0v) is 10.5. The van der Waals surface area contributed by atoms with Gasteiger partial charge in [0.25, 0.3) is 5.91 Å². The summed E-state index contributed by atoms with van der Waals surface area (Å²) in [6, 6.07) is 7.16. The third-order valence-electron chi connectivity index (χ3n) is 2.26. The first-order valence-corrected chi connectivity index (χ1v) is 5.99. The van der Waals surface area contributed by atoms with E-state index in [9.17, 15) is 4.79 Å². The molecular weight excluding hydrogens is 216 g/mol. The summed E-state index contributed by atoms with van der Waals surface area (Å²) >= 11 is 0. The molecule has 1 rings (SSSR count). The van der Waals surface area contributed by atoms with Crippen LogP contribution in [0.3, 0.4) is 0 Å². The van der Waals surface area contributed by atoms with Crippen molar-refractivity contribution in [1.82, 2.24) is 10.6 Å². The van der Waals surface area contributed by atoms with Crippen LogP contribution in [0.15, 0.2) is 24.3 Å². The van der Waals surface area contributed by atoms with Crippen LogP contribution < -0.4 is 15.4 Å². The van der Waals surface area contributed by atoms with Crippen molar-refractivity contribution in [2.45, 2.75) is 13.8 Å². The van der Waals surface area contributed by atoms with E-state index in [1.54, 1.807) is 12.1 Å². The van der Waals surface area contributed by atoms with Crippen LogP contribution in [0, 0.1) is 0 Å². The van der Waals surface area contributed by atoms with Gasteiger partial charge in [-0.1, -0.05) is 6.92 Å². The largest absolute Gasteiger partial charge is 0.494 e. The average molecular weight is 236 g/mol. The summed E-state index contributed by atoms with van der Waals surface area (Å²) in [5.41, 5.74) is 0.657.